The fourth-order valence-electron chi connectivity index (χ4n) is 3.15. The van der Waals surface area contributed by atoms with Gasteiger partial charge in [0.2, 0.25) is 0 Å². The second kappa shape index (κ2) is 12.8. The van der Waals surface area contributed by atoms with Crippen LogP contribution in [0.4, 0.5) is 43.9 Å². The maximum absolute atomic E-state index is 13.2. The van der Waals surface area contributed by atoms with Crippen molar-refractivity contribution in [3.63, 3.8) is 0 Å². The topological polar surface area (TPSA) is 105 Å². The first-order valence-corrected chi connectivity index (χ1v) is 10.8. The Balaban J connectivity index is 2.97. The van der Waals surface area contributed by atoms with Crippen molar-refractivity contribution in [1.29, 1.82) is 0 Å². The Bertz CT molecular complexity index is 929. The molecule has 39 heavy (non-hydrogen) atoms. The number of esters is 4. The number of hydrogen-bond acceptors (Lipinski definition) is 8. The molecule has 0 amide bonds. The van der Waals surface area contributed by atoms with Crippen molar-refractivity contribution in [2.75, 3.05) is 26.4 Å². The lowest BCUT2D eigenvalue weighted by molar-refractivity contribution is -0.295. The van der Waals surface area contributed by atoms with Crippen LogP contribution in [0, 0.1) is 17.8 Å². The van der Waals surface area contributed by atoms with Gasteiger partial charge in [-0.3, -0.25) is 14.4 Å². The standard InChI is InChI=1S/C21H22F10O8/c1-10(2)14(32)36-5-6-37-15(33)11-3-4-12(16(34)38-8-18(22,23)20(26,27)28)13(7-11)17(35)39-9-19(24,25)21(29,30)31/h11-13H,1,3-9H2,2H3. The minimum atomic E-state index is -6.14. The highest BCUT2D eigenvalue weighted by atomic mass is 19.4. The Morgan fingerprint density at radius 2 is 1.10 bits per heavy atom. The van der Waals surface area contributed by atoms with E-state index in [4.69, 9.17) is 4.74 Å². The normalized spacial score (nSPS) is 20.5. The van der Waals surface area contributed by atoms with Gasteiger partial charge in [0.15, 0.2) is 13.2 Å². The van der Waals surface area contributed by atoms with Gasteiger partial charge >= 0.3 is 48.1 Å². The molecule has 0 aromatic heterocycles. The van der Waals surface area contributed by atoms with E-state index in [1.165, 1.54) is 6.92 Å². The Morgan fingerprint density at radius 1 is 0.667 bits per heavy atom. The van der Waals surface area contributed by atoms with Gasteiger partial charge < -0.3 is 18.9 Å². The fourth-order valence-corrected chi connectivity index (χ4v) is 3.15. The summed E-state index contributed by atoms with van der Waals surface area (Å²) in [4.78, 5) is 48.1. The van der Waals surface area contributed by atoms with Gasteiger partial charge in [0.05, 0.1) is 17.8 Å². The van der Waals surface area contributed by atoms with E-state index >= 15 is 0 Å². The van der Waals surface area contributed by atoms with Gasteiger partial charge in [-0.1, -0.05) is 6.58 Å². The molecule has 1 fully saturated rings. The molecular formula is C21H22F10O8. The predicted octanol–water partition coefficient (Wildman–Crippen LogP) is 4.16. The first kappa shape index (κ1) is 33.9. The Kier molecular flexibility index (Phi) is 11.2. The van der Waals surface area contributed by atoms with Crippen LogP contribution in [0.1, 0.15) is 26.2 Å². The smallest absolute Gasteiger partial charge is 0.456 e. The number of rotatable bonds is 11. The quantitative estimate of drug-likeness (QED) is 0.116. The van der Waals surface area contributed by atoms with Crippen LogP contribution in [0.25, 0.3) is 0 Å². The van der Waals surface area contributed by atoms with E-state index in [2.05, 4.69) is 20.8 Å². The summed E-state index contributed by atoms with van der Waals surface area (Å²) in [6, 6.07) is 0. The van der Waals surface area contributed by atoms with E-state index in [1.807, 2.05) is 0 Å². The number of hydrogen-bond donors (Lipinski definition) is 0. The molecule has 3 atom stereocenters. The monoisotopic (exact) mass is 592 g/mol. The van der Waals surface area contributed by atoms with Crippen molar-refractivity contribution in [1.82, 2.24) is 0 Å². The number of carbonyl (C=O) groups is 4. The van der Waals surface area contributed by atoms with Crippen molar-refractivity contribution in [3.8, 4) is 0 Å². The molecule has 1 aliphatic rings. The second-order valence-electron chi connectivity index (χ2n) is 8.43. The largest absolute Gasteiger partial charge is 0.462 e. The Morgan fingerprint density at radius 3 is 1.54 bits per heavy atom. The predicted molar refractivity (Wildman–Crippen MR) is 105 cm³/mol. The molecule has 0 radical (unpaired) electrons. The van der Waals surface area contributed by atoms with Crippen LogP contribution in [0.15, 0.2) is 12.2 Å². The molecule has 8 nitrogen and oxygen atoms in total. The first-order chi connectivity index (χ1) is 17.6. The van der Waals surface area contributed by atoms with Crippen molar-refractivity contribution < 1.29 is 82.0 Å². The maximum atomic E-state index is 13.2. The lowest BCUT2D eigenvalue weighted by Crippen LogP contribution is -2.45. The minimum absolute atomic E-state index is 0.0250. The summed E-state index contributed by atoms with van der Waals surface area (Å²) in [6.45, 7) is -1.37. The summed E-state index contributed by atoms with van der Waals surface area (Å²) in [7, 11) is 0. The summed E-state index contributed by atoms with van der Waals surface area (Å²) in [5.41, 5.74) is 0.0250. The van der Waals surface area contributed by atoms with Crippen LogP contribution in [0.5, 0.6) is 0 Å². The van der Waals surface area contributed by atoms with Crippen LogP contribution < -0.4 is 0 Å². The first-order valence-electron chi connectivity index (χ1n) is 10.8. The number of carbonyl (C=O) groups excluding carboxylic acids is 4. The van der Waals surface area contributed by atoms with Gasteiger partial charge in [0, 0.05) is 5.57 Å². The molecule has 1 aliphatic carbocycles. The number of alkyl halides is 10. The van der Waals surface area contributed by atoms with Gasteiger partial charge in [0.25, 0.3) is 0 Å². The molecule has 224 valence electrons. The summed E-state index contributed by atoms with van der Waals surface area (Å²) in [5, 5.41) is 0. The van der Waals surface area contributed by atoms with Crippen LogP contribution in [0.2, 0.25) is 0 Å². The van der Waals surface area contributed by atoms with Gasteiger partial charge in [0.1, 0.15) is 13.2 Å². The highest BCUT2D eigenvalue weighted by molar-refractivity contribution is 5.87. The zero-order valence-corrected chi connectivity index (χ0v) is 19.9. The average Bonchev–Trinajstić information content (AvgIpc) is 2.81. The SMILES string of the molecule is C=C(C)C(=O)OCCOC(=O)C1CCC(C(=O)OCC(F)(F)C(F)(F)F)C(C(=O)OCC(F)(F)C(F)(F)F)C1. The molecule has 0 spiro atoms. The van der Waals surface area contributed by atoms with E-state index in [0.29, 0.717) is 0 Å². The van der Waals surface area contributed by atoms with Gasteiger partial charge in [-0.2, -0.15) is 43.9 Å². The number of halogens is 10. The molecule has 18 heteroatoms. The molecular weight excluding hydrogens is 570 g/mol. The lowest BCUT2D eigenvalue weighted by Gasteiger charge is -2.33. The van der Waals surface area contributed by atoms with Crippen LogP contribution in [0.3, 0.4) is 0 Å². The van der Waals surface area contributed by atoms with Gasteiger partial charge in [-0.05, 0) is 26.2 Å². The third-order valence-corrected chi connectivity index (χ3v) is 5.32. The molecule has 0 saturated heterocycles. The maximum Gasteiger partial charge on any atom is 0.456 e. The zero-order chi connectivity index (χ0) is 30.4. The third kappa shape index (κ3) is 9.56. The molecule has 0 aromatic carbocycles. The summed E-state index contributed by atoms with van der Waals surface area (Å²) in [6.07, 6.45) is -14.1. The highest BCUT2D eigenvalue weighted by Crippen LogP contribution is 2.40. The zero-order valence-electron chi connectivity index (χ0n) is 19.9. The molecule has 1 rings (SSSR count). The second-order valence-corrected chi connectivity index (χ2v) is 8.43. The Labute approximate surface area is 213 Å². The van der Waals surface area contributed by atoms with Crippen LogP contribution in [-0.2, 0) is 38.1 Å². The molecule has 0 bridgehead atoms. The van der Waals surface area contributed by atoms with E-state index in [0.717, 1.165) is 0 Å². The van der Waals surface area contributed by atoms with E-state index in [9.17, 15) is 63.1 Å². The van der Waals surface area contributed by atoms with E-state index in [1.54, 1.807) is 0 Å². The minimum Gasteiger partial charge on any atom is -0.462 e. The van der Waals surface area contributed by atoms with Gasteiger partial charge in [-0.25, -0.2) is 4.79 Å². The molecule has 0 N–H and O–H groups in total. The molecule has 0 aromatic rings. The van der Waals surface area contributed by atoms with E-state index in [-0.39, 0.29) is 12.0 Å². The van der Waals surface area contributed by atoms with Crippen molar-refractivity contribution in [2.24, 2.45) is 17.8 Å². The fraction of sp³-hybridized carbons (Fsp3) is 0.714. The summed E-state index contributed by atoms with van der Waals surface area (Å²) >= 11 is 0. The lowest BCUT2D eigenvalue weighted by atomic mass is 9.74. The summed E-state index contributed by atoms with van der Waals surface area (Å²) < 4.78 is 144. The average molecular weight is 592 g/mol. The molecule has 3 unspecified atom stereocenters. The molecule has 1 saturated carbocycles. The van der Waals surface area contributed by atoms with Crippen LogP contribution in [-0.4, -0.2) is 74.5 Å². The molecule has 0 heterocycles. The van der Waals surface area contributed by atoms with Crippen molar-refractivity contribution >= 4 is 23.9 Å². The third-order valence-electron chi connectivity index (χ3n) is 5.32. The number of ether oxygens (including phenoxy) is 4. The van der Waals surface area contributed by atoms with Gasteiger partial charge in [-0.15, -0.1) is 0 Å². The van der Waals surface area contributed by atoms with Crippen LogP contribution >= 0.6 is 0 Å². The highest BCUT2D eigenvalue weighted by Gasteiger charge is 2.60. The van der Waals surface area contributed by atoms with Crippen molar-refractivity contribution in [3.05, 3.63) is 12.2 Å². The molecule has 0 aliphatic heterocycles. The van der Waals surface area contributed by atoms with Crippen molar-refractivity contribution in [2.45, 2.75) is 50.4 Å². The Hall–Kier alpha value is -3.08. The van der Waals surface area contributed by atoms with E-state index < -0.39 is 105 Å². The summed E-state index contributed by atoms with van der Waals surface area (Å²) in [5.74, 6) is -21.9.